The second-order valence-electron chi connectivity index (χ2n) is 9.44. The topological polar surface area (TPSA) is 171 Å². The monoisotopic (exact) mass is 509 g/mol. The zero-order valence-electron chi connectivity index (χ0n) is 21.2. The van der Waals surface area contributed by atoms with Crippen molar-refractivity contribution < 1.29 is 23.7 Å². The van der Waals surface area contributed by atoms with Gasteiger partial charge in [0.15, 0.2) is 5.69 Å². The molecular formula is C25H31N7O5. The highest BCUT2D eigenvalue weighted by atomic mass is 16.5. The minimum atomic E-state index is -1.16. The third-order valence-corrected chi connectivity index (χ3v) is 5.02. The summed E-state index contributed by atoms with van der Waals surface area (Å²) in [4.78, 5) is 50.3. The van der Waals surface area contributed by atoms with Crippen molar-refractivity contribution in [2.45, 2.75) is 45.7 Å². The van der Waals surface area contributed by atoms with E-state index in [0.29, 0.717) is 17.0 Å². The molecule has 4 amide bonds. The predicted molar refractivity (Wildman–Crippen MR) is 134 cm³/mol. The van der Waals surface area contributed by atoms with Crippen LogP contribution in [0.5, 0.6) is 0 Å². The van der Waals surface area contributed by atoms with E-state index in [4.69, 9.17) is 4.52 Å². The molecule has 37 heavy (non-hydrogen) atoms. The molecule has 0 unspecified atom stereocenters. The average Bonchev–Trinajstić information content (AvgIpc) is 3.52. The molecule has 2 heterocycles. The van der Waals surface area contributed by atoms with Gasteiger partial charge in [-0.1, -0.05) is 17.3 Å². The van der Waals surface area contributed by atoms with Gasteiger partial charge >= 0.3 is 0 Å². The SMILES string of the molecule is Cc1cc(C(=O)N[C@@H](CC(=O)NC(C)(C)C)C(=O)NCCNC(=O)c2cccc(-c3cc[nH]n3)c2)no1. The van der Waals surface area contributed by atoms with E-state index in [2.05, 4.69) is 36.6 Å². The highest BCUT2D eigenvalue weighted by Crippen LogP contribution is 2.17. The molecule has 3 rings (SSSR count). The molecule has 0 aliphatic heterocycles. The normalized spacial score (nSPS) is 11.9. The number of benzene rings is 1. The lowest BCUT2D eigenvalue weighted by atomic mass is 10.1. The molecule has 12 nitrogen and oxygen atoms in total. The van der Waals surface area contributed by atoms with E-state index < -0.39 is 29.3 Å². The Morgan fingerprint density at radius 3 is 2.43 bits per heavy atom. The Morgan fingerprint density at radius 2 is 1.78 bits per heavy atom. The Morgan fingerprint density at radius 1 is 1.03 bits per heavy atom. The lowest BCUT2D eigenvalue weighted by Gasteiger charge is -2.23. The molecule has 196 valence electrons. The summed E-state index contributed by atoms with van der Waals surface area (Å²) >= 11 is 0. The third-order valence-electron chi connectivity index (χ3n) is 5.02. The second-order valence-corrected chi connectivity index (χ2v) is 9.44. The molecule has 1 aromatic carbocycles. The van der Waals surface area contributed by atoms with Crippen molar-refractivity contribution in [3.63, 3.8) is 0 Å². The van der Waals surface area contributed by atoms with E-state index in [9.17, 15) is 19.2 Å². The van der Waals surface area contributed by atoms with E-state index in [1.807, 2.05) is 26.8 Å². The van der Waals surface area contributed by atoms with Crippen molar-refractivity contribution in [3.8, 4) is 11.3 Å². The number of hydrogen-bond acceptors (Lipinski definition) is 7. The standard InChI is InChI=1S/C25H31N7O5/c1-15-12-20(32-37-15)24(36)29-19(14-21(33)30-25(2,3)4)23(35)27-11-10-26-22(34)17-7-5-6-16(13-17)18-8-9-28-31-18/h5-9,12-13,19H,10-11,14H2,1-4H3,(H,26,34)(H,27,35)(H,28,31)(H,29,36)(H,30,33)/t19-/m0/s1. The molecule has 12 heteroatoms. The number of H-pyrrole nitrogens is 1. The first kappa shape index (κ1) is 27.1. The van der Waals surface area contributed by atoms with Crippen LogP contribution in [0.15, 0.2) is 47.1 Å². The Labute approximate surface area is 213 Å². The van der Waals surface area contributed by atoms with Crippen LogP contribution in [-0.2, 0) is 9.59 Å². The molecule has 0 fully saturated rings. The third kappa shape index (κ3) is 8.30. The quantitative estimate of drug-likeness (QED) is 0.257. The fourth-order valence-electron chi connectivity index (χ4n) is 3.40. The van der Waals surface area contributed by atoms with Crippen molar-refractivity contribution in [2.24, 2.45) is 0 Å². The first-order chi connectivity index (χ1) is 17.5. The lowest BCUT2D eigenvalue weighted by molar-refractivity contribution is -0.128. The molecule has 0 saturated carbocycles. The maximum absolute atomic E-state index is 12.8. The van der Waals surface area contributed by atoms with E-state index >= 15 is 0 Å². The van der Waals surface area contributed by atoms with Crippen LogP contribution < -0.4 is 21.3 Å². The van der Waals surface area contributed by atoms with Crippen molar-refractivity contribution in [3.05, 3.63) is 59.6 Å². The van der Waals surface area contributed by atoms with Crippen LogP contribution in [-0.4, -0.2) is 63.7 Å². The number of aryl methyl sites for hydroxylation is 1. The van der Waals surface area contributed by atoms with Crippen molar-refractivity contribution in [1.29, 1.82) is 0 Å². The number of amides is 4. The van der Waals surface area contributed by atoms with Gasteiger partial charge in [-0.2, -0.15) is 5.10 Å². The molecule has 3 aromatic rings. The minimum absolute atomic E-state index is 0.00383. The lowest BCUT2D eigenvalue weighted by Crippen LogP contribution is -2.51. The predicted octanol–water partition coefficient (Wildman–Crippen LogP) is 1.32. The van der Waals surface area contributed by atoms with Gasteiger partial charge in [0.2, 0.25) is 11.8 Å². The Hall–Kier alpha value is -4.48. The number of aromatic nitrogens is 3. The van der Waals surface area contributed by atoms with Gasteiger partial charge in [0, 0.05) is 42.0 Å². The largest absolute Gasteiger partial charge is 0.361 e. The number of carbonyl (C=O) groups excluding carboxylic acids is 4. The zero-order valence-corrected chi connectivity index (χ0v) is 21.2. The van der Waals surface area contributed by atoms with Gasteiger partial charge in [0.05, 0.1) is 12.1 Å². The Balaban J connectivity index is 1.55. The summed E-state index contributed by atoms with van der Waals surface area (Å²) in [5.74, 6) is -1.52. The van der Waals surface area contributed by atoms with Gasteiger partial charge in [0.1, 0.15) is 11.8 Å². The molecular weight excluding hydrogens is 478 g/mol. The van der Waals surface area contributed by atoms with Gasteiger partial charge < -0.3 is 25.8 Å². The summed E-state index contributed by atoms with van der Waals surface area (Å²) < 4.78 is 4.91. The van der Waals surface area contributed by atoms with Gasteiger partial charge in [-0.15, -0.1) is 0 Å². The molecule has 0 saturated heterocycles. The number of rotatable bonds is 10. The molecule has 5 N–H and O–H groups in total. The maximum Gasteiger partial charge on any atom is 0.274 e. The van der Waals surface area contributed by atoms with Crippen molar-refractivity contribution in [2.75, 3.05) is 13.1 Å². The zero-order chi connectivity index (χ0) is 27.0. The van der Waals surface area contributed by atoms with Crippen LogP contribution in [0.25, 0.3) is 11.3 Å². The van der Waals surface area contributed by atoms with Crippen LogP contribution in [0.3, 0.4) is 0 Å². The minimum Gasteiger partial charge on any atom is -0.361 e. The fraction of sp³-hybridized carbons (Fsp3) is 0.360. The van der Waals surface area contributed by atoms with Crippen LogP contribution in [0, 0.1) is 6.92 Å². The van der Waals surface area contributed by atoms with Gasteiger partial charge in [-0.25, -0.2) is 0 Å². The highest BCUT2D eigenvalue weighted by Gasteiger charge is 2.27. The summed E-state index contributed by atoms with van der Waals surface area (Å²) in [6, 6.07) is 9.06. The second kappa shape index (κ2) is 12.0. The van der Waals surface area contributed by atoms with Gasteiger partial charge in [-0.05, 0) is 45.9 Å². The van der Waals surface area contributed by atoms with Crippen LogP contribution >= 0.6 is 0 Å². The number of carbonyl (C=O) groups is 4. The average molecular weight is 510 g/mol. The van der Waals surface area contributed by atoms with Gasteiger partial charge in [-0.3, -0.25) is 24.3 Å². The summed E-state index contributed by atoms with van der Waals surface area (Å²) in [6.45, 7) is 7.28. The van der Waals surface area contributed by atoms with E-state index in [1.54, 1.807) is 37.4 Å². The molecule has 1 atom stereocenters. The number of nitrogens with zero attached hydrogens (tertiary/aromatic N) is 2. The summed E-state index contributed by atoms with van der Waals surface area (Å²) in [7, 11) is 0. The van der Waals surface area contributed by atoms with Gasteiger partial charge in [0.25, 0.3) is 11.8 Å². The summed E-state index contributed by atoms with van der Waals surface area (Å²) in [5, 5.41) is 21.2. The smallest absolute Gasteiger partial charge is 0.274 e. The van der Waals surface area contributed by atoms with Crippen LogP contribution in [0.4, 0.5) is 0 Å². The number of aromatic amines is 1. The van der Waals surface area contributed by atoms with E-state index in [1.165, 1.54) is 6.07 Å². The molecule has 0 spiro atoms. The molecule has 2 aromatic heterocycles. The summed E-state index contributed by atoms with van der Waals surface area (Å²) in [6.07, 6.45) is 1.41. The Kier molecular flexibility index (Phi) is 8.77. The molecule has 0 aliphatic rings. The fourth-order valence-corrected chi connectivity index (χ4v) is 3.40. The number of nitrogens with one attached hydrogen (secondary N) is 5. The Bertz CT molecular complexity index is 1240. The molecule has 0 aliphatic carbocycles. The number of hydrogen-bond donors (Lipinski definition) is 5. The summed E-state index contributed by atoms with van der Waals surface area (Å²) in [5.41, 5.74) is 1.43. The maximum atomic E-state index is 12.8. The van der Waals surface area contributed by atoms with E-state index in [-0.39, 0.29) is 31.1 Å². The van der Waals surface area contributed by atoms with E-state index in [0.717, 1.165) is 5.56 Å². The molecule has 0 bridgehead atoms. The van der Waals surface area contributed by atoms with Crippen molar-refractivity contribution in [1.82, 2.24) is 36.6 Å². The van der Waals surface area contributed by atoms with Crippen molar-refractivity contribution >= 4 is 23.6 Å². The van der Waals surface area contributed by atoms with Crippen LogP contribution in [0.1, 0.15) is 53.8 Å². The van der Waals surface area contributed by atoms with Crippen LogP contribution in [0.2, 0.25) is 0 Å². The highest BCUT2D eigenvalue weighted by molar-refractivity contribution is 5.98. The molecule has 0 radical (unpaired) electrons. The first-order valence-electron chi connectivity index (χ1n) is 11.7. The first-order valence-corrected chi connectivity index (χ1v) is 11.7.